The molecule has 0 fully saturated rings. The van der Waals surface area contributed by atoms with E-state index in [0.29, 0.717) is 28.6 Å². The van der Waals surface area contributed by atoms with Crippen LogP contribution >= 0.6 is 0 Å². The van der Waals surface area contributed by atoms with Crippen molar-refractivity contribution >= 4 is 17.4 Å². The van der Waals surface area contributed by atoms with Crippen LogP contribution in [0.2, 0.25) is 0 Å². The van der Waals surface area contributed by atoms with E-state index in [0.717, 1.165) is 11.4 Å². The first kappa shape index (κ1) is 20.0. The molecular weight excluding hydrogens is 398 g/mol. The lowest BCUT2D eigenvalue weighted by Gasteiger charge is -2.09. The summed E-state index contributed by atoms with van der Waals surface area (Å²) in [6.07, 6.45) is 1.49. The van der Waals surface area contributed by atoms with E-state index >= 15 is 0 Å². The first-order valence-electron chi connectivity index (χ1n) is 9.44. The molecule has 0 aliphatic carbocycles. The minimum atomic E-state index is -0.469. The van der Waals surface area contributed by atoms with Crippen LogP contribution in [0, 0.1) is 30.9 Å². The van der Waals surface area contributed by atoms with Crippen molar-refractivity contribution in [1.29, 1.82) is 0 Å². The third-order valence-electron chi connectivity index (χ3n) is 4.61. The molecule has 0 unspecified atom stereocenters. The molecule has 10 heteroatoms. The van der Waals surface area contributed by atoms with E-state index in [9.17, 15) is 14.9 Å². The number of aromatic nitrogens is 5. The molecule has 0 saturated carbocycles. The molecule has 31 heavy (non-hydrogen) atoms. The second-order valence-electron chi connectivity index (χ2n) is 7.05. The lowest BCUT2D eigenvalue weighted by Crippen LogP contribution is -2.16. The number of carbonyl (C=O) groups excluding carboxylic acids is 1. The summed E-state index contributed by atoms with van der Waals surface area (Å²) in [4.78, 5) is 27.5. The van der Waals surface area contributed by atoms with Crippen LogP contribution in [0.25, 0.3) is 11.5 Å². The van der Waals surface area contributed by atoms with Crippen LogP contribution in [-0.4, -0.2) is 35.4 Å². The Hall–Kier alpha value is -4.34. The third-order valence-corrected chi connectivity index (χ3v) is 4.61. The molecule has 10 nitrogen and oxygen atoms in total. The molecule has 156 valence electrons. The molecule has 0 spiro atoms. The predicted octanol–water partition coefficient (Wildman–Crippen LogP) is 3.54. The number of hydrogen-bond donors (Lipinski definition) is 1. The minimum Gasteiger partial charge on any atom is -0.306 e. The van der Waals surface area contributed by atoms with Gasteiger partial charge in [0, 0.05) is 30.1 Å². The summed E-state index contributed by atoms with van der Waals surface area (Å²) in [5.41, 5.74) is 3.46. The maximum Gasteiger partial charge on any atom is 0.269 e. The van der Waals surface area contributed by atoms with E-state index in [1.54, 1.807) is 41.9 Å². The zero-order valence-corrected chi connectivity index (χ0v) is 17.1. The molecular formula is C21H19N7O3. The zero-order chi connectivity index (χ0) is 22.1. The number of nitro benzene ring substituents is 1. The lowest BCUT2D eigenvalue weighted by molar-refractivity contribution is -0.384. The zero-order valence-electron chi connectivity index (χ0n) is 17.1. The van der Waals surface area contributed by atoms with Crippen molar-refractivity contribution < 1.29 is 9.72 Å². The summed E-state index contributed by atoms with van der Waals surface area (Å²) < 4.78 is 3.23. The molecule has 1 amide bonds. The topological polar surface area (TPSA) is 121 Å². The maximum atomic E-state index is 12.8. The molecule has 0 radical (unpaired) electrons. The number of carbonyl (C=O) groups is 1. The number of benzene rings is 1. The smallest absolute Gasteiger partial charge is 0.269 e. The van der Waals surface area contributed by atoms with Gasteiger partial charge in [0.15, 0.2) is 5.82 Å². The fraction of sp³-hybridized carbons (Fsp3) is 0.143. The van der Waals surface area contributed by atoms with Gasteiger partial charge in [0.2, 0.25) is 0 Å². The Bertz CT molecular complexity index is 1270. The Balaban J connectivity index is 1.56. The highest BCUT2D eigenvalue weighted by Gasteiger charge is 2.15. The van der Waals surface area contributed by atoms with Gasteiger partial charge in [-0.3, -0.25) is 14.9 Å². The molecule has 4 aromatic rings. The van der Waals surface area contributed by atoms with Gasteiger partial charge in [-0.25, -0.2) is 14.3 Å². The van der Waals surface area contributed by atoms with Gasteiger partial charge in [-0.05, 0) is 51.1 Å². The van der Waals surface area contributed by atoms with Crippen molar-refractivity contribution in [2.75, 3.05) is 5.32 Å². The van der Waals surface area contributed by atoms with Crippen LogP contribution in [-0.2, 0) is 0 Å². The van der Waals surface area contributed by atoms with Gasteiger partial charge >= 0.3 is 0 Å². The molecule has 0 atom stereocenters. The number of hydrogen-bond acceptors (Lipinski definition) is 6. The van der Waals surface area contributed by atoms with Crippen molar-refractivity contribution in [2.24, 2.45) is 0 Å². The minimum absolute atomic E-state index is 0.0213. The van der Waals surface area contributed by atoms with Crippen molar-refractivity contribution in [3.63, 3.8) is 0 Å². The van der Waals surface area contributed by atoms with E-state index in [1.165, 1.54) is 23.0 Å². The van der Waals surface area contributed by atoms with Crippen LogP contribution in [0.5, 0.6) is 0 Å². The lowest BCUT2D eigenvalue weighted by atomic mass is 10.2. The molecule has 4 rings (SSSR count). The van der Waals surface area contributed by atoms with E-state index in [1.807, 2.05) is 19.9 Å². The summed E-state index contributed by atoms with van der Waals surface area (Å²) in [5, 5.41) is 22.5. The highest BCUT2D eigenvalue weighted by molar-refractivity contribution is 6.03. The van der Waals surface area contributed by atoms with Crippen LogP contribution in [0.1, 0.15) is 27.4 Å². The fourth-order valence-electron chi connectivity index (χ4n) is 3.20. The van der Waals surface area contributed by atoms with E-state index in [2.05, 4.69) is 20.5 Å². The van der Waals surface area contributed by atoms with Crippen molar-refractivity contribution in [3.8, 4) is 11.5 Å². The van der Waals surface area contributed by atoms with Crippen LogP contribution in [0.4, 0.5) is 11.5 Å². The summed E-state index contributed by atoms with van der Waals surface area (Å²) in [7, 11) is 0. The second-order valence-corrected chi connectivity index (χ2v) is 7.05. The summed E-state index contributed by atoms with van der Waals surface area (Å²) in [6, 6.07) is 13.0. The molecule has 0 bridgehead atoms. The normalized spacial score (nSPS) is 10.8. The molecule has 0 saturated heterocycles. The van der Waals surface area contributed by atoms with E-state index in [4.69, 9.17) is 0 Å². The standard InChI is InChI=1S/C21H19N7O3/c1-13-10-15(3)26(24-13)19-9-4-16(12-22-19)21(29)23-20-11-14(2)25-27(20)17-5-7-18(8-6-17)28(30)31/h4-12H,1-3H3,(H,23,29). The highest BCUT2D eigenvalue weighted by Crippen LogP contribution is 2.21. The van der Waals surface area contributed by atoms with E-state index < -0.39 is 4.92 Å². The SMILES string of the molecule is Cc1cc(C)n(-c2ccc(C(=O)Nc3cc(C)nn3-c3ccc([N+](=O)[O-])cc3)cn2)n1. The van der Waals surface area contributed by atoms with E-state index in [-0.39, 0.29) is 11.6 Å². The van der Waals surface area contributed by atoms with Gasteiger partial charge in [0.1, 0.15) is 5.82 Å². The number of nitrogens with zero attached hydrogens (tertiary/aromatic N) is 6. The van der Waals surface area contributed by atoms with Gasteiger partial charge < -0.3 is 5.32 Å². The number of aryl methyl sites for hydroxylation is 3. The summed E-state index contributed by atoms with van der Waals surface area (Å²) in [6.45, 7) is 5.63. The molecule has 0 aliphatic rings. The third kappa shape index (κ3) is 4.04. The molecule has 1 aromatic carbocycles. The van der Waals surface area contributed by atoms with Gasteiger partial charge in [-0.2, -0.15) is 10.2 Å². The molecule has 1 N–H and O–H groups in total. The Labute approximate surface area is 177 Å². The average Bonchev–Trinajstić information content (AvgIpc) is 3.28. The molecule has 3 heterocycles. The first-order chi connectivity index (χ1) is 14.8. The summed E-state index contributed by atoms with van der Waals surface area (Å²) >= 11 is 0. The Morgan fingerprint density at radius 2 is 1.65 bits per heavy atom. The monoisotopic (exact) mass is 417 g/mol. The predicted molar refractivity (Wildman–Crippen MR) is 114 cm³/mol. The Morgan fingerprint density at radius 1 is 0.968 bits per heavy atom. The van der Waals surface area contributed by atoms with Crippen molar-refractivity contribution in [2.45, 2.75) is 20.8 Å². The number of amides is 1. The maximum absolute atomic E-state index is 12.8. The van der Waals surface area contributed by atoms with Crippen LogP contribution in [0.15, 0.2) is 54.7 Å². The first-order valence-corrected chi connectivity index (χ1v) is 9.44. The number of non-ortho nitro benzene ring substituents is 1. The Kier molecular flexibility index (Phi) is 5.04. The second kappa shape index (κ2) is 7.82. The van der Waals surface area contributed by atoms with Crippen LogP contribution in [0.3, 0.4) is 0 Å². The summed E-state index contributed by atoms with van der Waals surface area (Å²) in [5.74, 6) is 0.711. The number of nitrogens with one attached hydrogen (secondary N) is 1. The fourth-order valence-corrected chi connectivity index (χ4v) is 3.20. The van der Waals surface area contributed by atoms with Gasteiger partial charge in [-0.15, -0.1) is 0 Å². The van der Waals surface area contributed by atoms with Crippen LogP contribution < -0.4 is 5.32 Å². The largest absolute Gasteiger partial charge is 0.306 e. The van der Waals surface area contributed by atoms with Crippen molar-refractivity contribution in [3.05, 3.63) is 87.5 Å². The number of nitro groups is 1. The van der Waals surface area contributed by atoms with Gasteiger partial charge in [0.05, 0.1) is 27.6 Å². The quantitative estimate of drug-likeness (QED) is 0.392. The molecule has 3 aromatic heterocycles. The highest BCUT2D eigenvalue weighted by atomic mass is 16.6. The average molecular weight is 417 g/mol. The number of anilines is 1. The molecule has 0 aliphatic heterocycles. The number of rotatable bonds is 5. The van der Waals surface area contributed by atoms with Gasteiger partial charge in [-0.1, -0.05) is 0 Å². The number of pyridine rings is 1. The van der Waals surface area contributed by atoms with Gasteiger partial charge in [0.25, 0.3) is 11.6 Å². The Morgan fingerprint density at radius 3 is 2.23 bits per heavy atom. The van der Waals surface area contributed by atoms with Crippen molar-refractivity contribution in [1.82, 2.24) is 24.5 Å².